The van der Waals surface area contributed by atoms with E-state index in [0.29, 0.717) is 24.5 Å². The van der Waals surface area contributed by atoms with Crippen molar-refractivity contribution in [1.82, 2.24) is 9.21 Å². The first kappa shape index (κ1) is 23.9. The number of methoxy groups -OCH3 is 1. The van der Waals surface area contributed by atoms with Crippen molar-refractivity contribution in [2.75, 3.05) is 38.6 Å². The van der Waals surface area contributed by atoms with Gasteiger partial charge < -0.3 is 14.8 Å². The third-order valence-electron chi connectivity index (χ3n) is 5.24. The highest BCUT2D eigenvalue weighted by Crippen LogP contribution is 2.22. The van der Waals surface area contributed by atoms with E-state index in [1.54, 1.807) is 19.1 Å². The maximum Gasteiger partial charge on any atom is 0.387 e. The second kappa shape index (κ2) is 10.2. The third-order valence-corrected chi connectivity index (χ3v) is 7.16. The predicted molar refractivity (Wildman–Crippen MR) is 114 cm³/mol. The van der Waals surface area contributed by atoms with Crippen molar-refractivity contribution in [2.24, 2.45) is 0 Å². The van der Waals surface area contributed by atoms with Crippen LogP contribution in [0.3, 0.4) is 0 Å². The number of ether oxygens (including phenoxy) is 2. The van der Waals surface area contributed by atoms with Gasteiger partial charge in [-0.2, -0.15) is 13.1 Å². The highest BCUT2D eigenvalue weighted by atomic mass is 32.2. The normalized spacial score (nSPS) is 16.5. The fourth-order valence-corrected chi connectivity index (χ4v) is 4.78. The lowest BCUT2D eigenvalue weighted by atomic mass is 10.2. The molecule has 0 spiro atoms. The quantitative estimate of drug-likeness (QED) is 0.640. The summed E-state index contributed by atoms with van der Waals surface area (Å²) in [6, 6.07) is 11.3. The molecule has 174 valence electrons. The van der Waals surface area contributed by atoms with Gasteiger partial charge in [0.15, 0.2) is 0 Å². The number of hydrogen-bond acceptors (Lipinski definition) is 6. The average molecular weight is 470 g/mol. The second-order valence-electron chi connectivity index (χ2n) is 7.18. The highest BCUT2D eigenvalue weighted by molar-refractivity contribution is 7.89. The first-order valence-electron chi connectivity index (χ1n) is 9.94. The Morgan fingerprint density at radius 3 is 2.06 bits per heavy atom. The molecule has 1 aliphatic rings. The summed E-state index contributed by atoms with van der Waals surface area (Å²) >= 11 is 0. The van der Waals surface area contributed by atoms with Crippen molar-refractivity contribution in [3.8, 4) is 11.5 Å². The zero-order valence-corrected chi connectivity index (χ0v) is 18.5. The minimum Gasteiger partial charge on any atom is -0.497 e. The molecule has 1 atom stereocenters. The van der Waals surface area contributed by atoms with Crippen LogP contribution in [-0.4, -0.2) is 69.5 Å². The molecule has 1 fully saturated rings. The molecule has 32 heavy (non-hydrogen) atoms. The summed E-state index contributed by atoms with van der Waals surface area (Å²) in [5.41, 5.74) is 0.448. The molecular weight excluding hydrogens is 444 g/mol. The molecule has 0 saturated carbocycles. The van der Waals surface area contributed by atoms with Crippen LogP contribution in [0.2, 0.25) is 0 Å². The van der Waals surface area contributed by atoms with E-state index in [1.165, 1.54) is 47.8 Å². The Bertz CT molecular complexity index is 1010. The summed E-state index contributed by atoms with van der Waals surface area (Å²) in [6.45, 7) is 0.118. The maximum atomic E-state index is 12.9. The van der Waals surface area contributed by atoms with Crippen LogP contribution in [0, 0.1) is 0 Å². The smallest absolute Gasteiger partial charge is 0.387 e. The van der Waals surface area contributed by atoms with E-state index >= 15 is 0 Å². The minimum absolute atomic E-state index is 0.000221. The van der Waals surface area contributed by atoms with Crippen molar-refractivity contribution in [2.45, 2.75) is 24.5 Å². The van der Waals surface area contributed by atoms with Crippen LogP contribution in [-0.2, 0) is 14.8 Å². The Labute approximate surface area is 185 Å². The Balaban J connectivity index is 1.55. The van der Waals surface area contributed by atoms with E-state index in [2.05, 4.69) is 10.1 Å². The van der Waals surface area contributed by atoms with Crippen molar-refractivity contribution >= 4 is 21.6 Å². The van der Waals surface area contributed by atoms with Crippen molar-refractivity contribution < 1.29 is 31.5 Å². The first-order chi connectivity index (χ1) is 15.2. The number of sulfonamides is 1. The van der Waals surface area contributed by atoms with Gasteiger partial charge in [-0.3, -0.25) is 9.69 Å². The SMILES string of the molecule is COc1ccc(S(=O)(=O)N2CCN(C(C)C(=O)Nc3ccc(OC(F)F)cc3)CC2)cc1. The molecule has 2 aromatic carbocycles. The molecule has 1 aliphatic heterocycles. The number of nitrogens with zero attached hydrogens (tertiary/aromatic N) is 2. The summed E-state index contributed by atoms with van der Waals surface area (Å²) in [6.07, 6.45) is 0. The molecular formula is C21H25F2N3O5S. The van der Waals surface area contributed by atoms with Crippen molar-refractivity contribution in [3.05, 3.63) is 48.5 Å². The summed E-state index contributed by atoms with van der Waals surface area (Å²) in [5.74, 6) is 0.295. The molecule has 1 N–H and O–H groups in total. The number of nitrogens with one attached hydrogen (secondary N) is 1. The number of halogens is 2. The van der Waals surface area contributed by atoms with Crippen LogP contribution >= 0.6 is 0 Å². The molecule has 0 radical (unpaired) electrons. The number of rotatable bonds is 8. The highest BCUT2D eigenvalue weighted by Gasteiger charge is 2.31. The van der Waals surface area contributed by atoms with Gasteiger partial charge in [0.1, 0.15) is 11.5 Å². The zero-order chi connectivity index (χ0) is 23.3. The van der Waals surface area contributed by atoms with Crippen LogP contribution in [0.25, 0.3) is 0 Å². The average Bonchev–Trinajstić information content (AvgIpc) is 2.79. The number of piperazine rings is 1. The third kappa shape index (κ3) is 5.72. The Morgan fingerprint density at radius 2 is 1.53 bits per heavy atom. The van der Waals surface area contributed by atoms with Crippen LogP contribution < -0.4 is 14.8 Å². The summed E-state index contributed by atoms with van der Waals surface area (Å²) in [7, 11) is -2.12. The topological polar surface area (TPSA) is 88.2 Å². The van der Waals surface area contributed by atoms with Gasteiger partial charge in [0.2, 0.25) is 15.9 Å². The van der Waals surface area contributed by atoms with Crippen molar-refractivity contribution in [3.63, 3.8) is 0 Å². The van der Waals surface area contributed by atoms with Gasteiger partial charge in [0.25, 0.3) is 0 Å². The van der Waals surface area contributed by atoms with Gasteiger partial charge >= 0.3 is 6.61 Å². The predicted octanol–water partition coefficient (Wildman–Crippen LogP) is 2.63. The number of hydrogen-bond donors (Lipinski definition) is 1. The van der Waals surface area contributed by atoms with Gasteiger partial charge in [0, 0.05) is 31.9 Å². The number of carbonyl (C=O) groups excluding carboxylic acids is 1. The Morgan fingerprint density at radius 1 is 0.969 bits per heavy atom. The minimum atomic E-state index is -3.63. The maximum absolute atomic E-state index is 12.9. The number of benzene rings is 2. The molecule has 0 aromatic heterocycles. The standard InChI is InChI=1S/C21H25F2N3O5S/c1-15(20(27)24-16-3-5-18(6-4-16)31-21(22)23)25-11-13-26(14-12-25)32(28,29)19-9-7-17(30-2)8-10-19/h3-10,15,21H,11-14H2,1-2H3,(H,24,27). The summed E-state index contributed by atoms with van der Waals surface area (Å²) in [5, 5.41) is 2.73. The Hall–Kier alpha value is -2.76. The number of carbonyl (C=O) groups is 1. The lowest BCUT2D eigenvalue weighted by Crippen LogP contribution is -2.53. The van der Waals surface area contributed by atoms with Crippen LogP contribution in [0.4, 0.5) is 14.5 Å². The lowest BCUT2D eigenvalue weighted by molar-refractivity contribution is -0.121. The monoisotopic (exact) mass is 469 g/mol. The summed E-state index contributed by atoms with van der Waals surface area (Å²) < 4.78 is 60.9. The molecule has 0 aliphatic carbocycles. The molecule has 3 rings (SSSR count). The van der Waals surface area contributed by atoms with Crippen molar-refractivity contribution in [1.29, 1.82) is 0 Å². The molecule has 1 saturated heterocycles. The van der Waals surface area contributed by atoms with E-state index in [-0.39, 0.29) is 29.6 Å². The molecule has 1 heterocycles. The largest absolute Gasteiger partial charge is 0.497 e. The molecule has 11 heteroatoms. The van der Waals surface area contributed by atoms with E-state index in [9.17, 15) is 22.0 Å². The van der Waals surface area contributed by atoms with Crippen LogP contribution in [0.1, 0.15) is 6.92 Å². The van der Waals surface area contributed by atoms with Gasteiger partial charge in [-0.1, -0.05) is 0 Å². The van der Waals surface area contributed by atoms with E-state index in [0.717, 1.165) is 0 Å². The lowest BCUT2D eigenvalue weighted by Gasteiger charge is -2.36. The number of amides is 1. The van der Waals surface area contributed by atoms with E-state index in [1.807, 2.05) is 4.90 Å². The zero-order valence-electron chi connectivity index (χ0n) is 17.7. The molecule has 8 nitrogen and oxygen atoms in total. The molecule has 2 aromatic rings. The molecule has 1 amide bonds. The van der Waals surface area contributed by atoms with Crippen LogP contribution in [0.15, 0.2) is 53.4 Å². The van der Waals surface area contributed by atoms with Crippen LogP contribution in [0.5, 0.6) is 11.5 Å². The summed E-state index contributed by atoms with van der Waals surface area (Å²) in [4.78, 5) is 14.7. The van der Waals surface area contributed by atoms with Gasteiger partial charge in [0.05, 0.1) is 18.0 Å². The van der Waals surface area contributed by atoms with E-state index in [4.69, 9.17) is 4.74 Å². The molecule has 1 unspecified atom stereocenters. The van der Waals surface area contributed by atoms with Gasteiger partial charge in [-0.15, -0.1) is 0 Å². The van der Waals surface area contributed by atoms with Gasteiger partial charge in [-0.25, -0.2) is 8.42 Å². The first-order valence-corrected chi connectivity index (χ1v) is 11.4. The fraction of sp³-hybridized carbons (Fsp3) is 0.381. The number of anilines is 1. The Kier molecular flexibility index (Phi) is 7.64. The molecule has 0 bridgehead atoms. The van der Waals surface area contributed by atoms with E-state index < -0.39 is 22.7 Å². The fourth-order valence-electron chi connectivity index (χ4n) is 3.36. The van der Waals surface area contributed by atoms with Gasteiger partial charge in [-0.05, 0) is 55.5 Å². The number of alkyl halides is 2. The second-order valence-corrected chi connectivity index (χ2v) is 9.12.